The topological polar surface area (TPSA) is 20.2 Å². The summed E-state index contributed by atoms with van der Waals surface area (Å²) in [6.07, 6.45) is 16.5. The van der Waals surface area contributed by atoms with E-state index in [9.17, 15) is 5.11 Å². The molecule has 1 aromatic carbocycles. The summed E-state index contributed by atoms with van der Waals surface area (Å²) in [4.78, 5) is 0. The Morgan fingerprint density at radius 3 is 1.89 bits per heavy atom. The third-order valence-electron chi connectivity index (χ3n) is 7.96. The second-order valence-electron chi connectivity index (χ2n) is 9.63. The fourth-order valence-corrected chi connectivity index (χ4v) is 5.97. The summed E-state index contributed by atoms with van der Waals surface area (Å²) >= 11 is 4.14. The van der Waals surface area contributed by atoms with Gasteiger partial charge in [0.1, 0.15) is 10.5 Å². The molecule has 0 aliphatic heterocycles. The molecule has 0 spiro atoms. The molecule has 0 saturated heterocycles. The predicted molar refractivity (Wildman–Crippen MR) is 126 cm³/mol. The first-order valence-corrected chi connectivity index (χ1v) is 12.6. The predicted octanol–water partition coefficient (Wildman–Crippen LogP) is 7.54. The van der Waals surface area contributed by atoms with E-state index in [0.29, 0.717) is 17.6 Å². The summed E-state index contributed by atoms with van der Waals surface area (Å²) in [7, 11) is 0. The Labute approximate surface area is 179 Å². The number of hydrogen-bond acceptors (Lipinski definition) is 1. The summed E-state index contributed by atoms with van der Waals surface area (Å²) in [6, 6.07) is 4.73. The maximum atomic E-state index is 11.4. The highest BCUT2D eigenvalue weighted by Gasteiger charge is 2.35. The number of aromatic hydroxyl groups is 1. The van der Waals surface area contributed by atoms with Crippen LogP contribution < -0.4 is 0 Å². The molecule has 3 rings (SSSR count). The molecule has 0 unspecified atom stereocenters. The average Bonchev–Trinajstić information content (AvgIpc) is 2.75. The minimum absolute atomic E-state index is 0.0330. The van der Waals surface area contributed by atoms with Gasteiger partial charge in [-0.3, -0.25) is 0 Å². The van der Waals surface area contributed by atoms with Crippen LogP contribution in [0.3, 0.4) is 0 Å². The van der Waals surface area contributed by atoms with E-state index >= 15 is 0 Å². The minimum Gasteiger partial charge on any atom is -0.507 e. The molecule has 0 amide bonds. The summed E-state index contributed by atoms with van der Waals surface area (Å²) in [5.41, 5.74) is 3.92. The molecule has 2 aliphatic rings. The van der Waals surface area contributed by atoms with Crippen LogP contribution in [0.25, 0.3) is 0 Å². The summed E-state index contributed by atoms with van der Waals surface area (Å²) in [5.74, 6) is 2.65. The van der Waals surface area contributed by atoms with Gasteiger partial charge in [0.15, 0.2) is 0 Å². The van der Waals surface area contributed by atoms with Crippen LogP contribution in [0.2, 0.25) is 0 Å². The van der Waals surface area contributed by atoms with Gasteiger partial charge in [-0.25, -0.2) is 0 Å². The Morgan fingerprint density at radius 1 is 0.857 bits per heavy atom. The summed E-state index contributed by atoms with van der Waals surface area (Å²) in [5, 5.41) is 11.4. The van der Waals surface area contributed by atoms with Crippen molar-refractivity contribution in [3.05, 3.63) is 28.8 Å². The zero-order chi connectivity index (χ0) is 20.1. The standard InChI is InChI=1S/C26H42OS/c1-4-10-19-13-15-21(16-14-19)24-18-22(26(28,5-2)6-3)17-23(25(24)27)20-11-8-7-9-12-20/h17-21,27-28H,4-16H2,1-3H3/p+1. The lowest BCUT2D eigenvalue weighted by Gasteiger charge is -2.32. The Bertz CT molecular complexity index is 620. The molecule has 0 radical (unpaired) electrons. The number of phenols is 1. The van der Waals surface area contributed by atoms with Crippen molar-refractivity contribution in [3.63, 3.8) is 0 Å². The Hall–Kier alpha value is -0.630. The molecular weight excluding hydrogens is 360 g/mol. The third kappa shape index (κ3) is 4.74. The second kappa shape index (κ2) is 9.92. The zero-order valence-corrected chi connectivity index (χ0v) is 19.5. The Morgan fingerprint density at radius 2 is 1.39 bits per heavy atom. The first-order chi connectivity index (χ1) is 13.5. The first kappa shape index (κ1) is 22.1. The lowest BCUT2D eigenvalue weighted by molar-refractivity contribution is 0.302. The summed E-state index contributed by atoms with van der Waals surface area (Å²) < 4.78 is 0.0330. The number of rotatable bonds is 7. The molecule has 2 saturated carbocycles. The van der Waals surface area contributed by atoms with E-state index in [2.05, 4.69) is 45.5 Å². The van der Waals surface area contributed by atoms with Gasteiger partial charge in [-0.2, -0.15) is 0 Å². The smallest absolute Gasteiger partial charge is 0.148 e. The van der Waals surface area contributed by atoms with E-state index in [-0.39, 0.29) is 4.75 Å². The maximum absolute atomic E-state index is 11.4. The number of phenolic OH excluding ortho intramolecular Hbond substituents is 1. The van der Waals surface area contributed by atoms with E-state index in [1.165, 1.54) is 87.3 Å². The zero-order valence-electron chi connectivity index (χ0n) is 18.5. The van der Waals surface area contributed by atoms with E-state index in [1.807, 2.05) is 0 Å². The van der Waals surface area contributed by atoms with E-state index in [0.717, 1.165) is 18.8 Å². The highest BCUT2D eigenvalue weighted by Crippen LogP contribution is 2.47. The van der Waals surface area contributed by atoms with Crippen molar-refractivity contribution >= 4 is 12.6 Å². The molecular formula is C26H43OS+. The quantitative estimate of drug-likeness (QED) is 0.466. The molecule has 2 aliphatic carbocycles. The van der Waals surface area contributed by atoms with Crippen molar-refractivity contribution in [2.24, 2.45) is 5.92 Å². The minimum atomic E-state index is 0.0330. The van der Waals surface area contributed by atoms with Gasteiger partial charge >= 0.3 is 0 Å². The van der Waals surface area contributed by atoms with Crippen molar-refractivity contribution in [2.75, 3.05) is 0 Å². The maximum Gasteiger partial charge on any atom is 0.148 e. The van der Waals surface area contributed by atoms with Gasteiger partial charge in [0.25, 0.3) is 0 Å². The molecule has 0 atom stereocenters. The fourth-order valence-electron chi connectivity index (χ4n) is 5.82. The molecule has 2 fully saturated rings. The average molecular weight is 404 g/mol. The van der Waals surface area contributed by atoms with Crippen LogP contribution in [-0.2, 0) is 17.4 Å². The van der Waals surface area contributed by atoms with Crippen molar-refractivity contribution < 1.29 is 5.11 Å². The van der Waals surface area contributed by atoms with Crippen LogP contribution in [0.1, 0.15) is 133 Å². The van der Waals surface area contributed by atoms with Gasteiger partial charge in [-0.1, -0.05) is 52.9 Å². The largest absolute Gasteiger partial charge is 0.507 e. The Balaban J connectivity index is 1.96. The Kier molecular flexibility index (Phi) is 7.81. The molecule has 28 heavy (non-hydrogen) atoms. The lowest BCUT2D eigenvalue weighted by atomic mass is 9.74. The van der Waals surface area contributed by atoms with Gasteiger partial charge in [-0.15, -0.1) is 0 Å². The van der Waals surface area contributed by atoms with E-state index in [4.69, 9.17) is 0 Å². The van der Waals surface area contributed by atoms with Crippen molar-refractivity contribution in [1.82, 2.24) is 0 Å². The van der Waals surface area contributed by atoms with Crippen LogP contribution in [0.15, 0.2) is 12.1 Å². The molecule has 1 aromatic rings. The normalized spacial score (nSPS) is 24.4. The van der Waals surface area contributed by atoms with Gasteiger partial charge in [0.2, 0.25) is 0 Å². The van der Waals surface area contributed by atoms with Crippen LogP contribution in [0.4, 0.5) is 0 Å². The van der Waals surface area contributed by atoms with Crippen molar-refractivity contribution in [3.8, 4) is 5.75 Å². The van der Waals surface area contributed by atoms with E-state index < -0.39 is 0 Å². The highest BCUT2D eigenvalue weighted by atomic mass is 32.1. The van der Waals surface area contributed by atoms with Crippen LogP contribution >= 0.6 is 0 Å². The lowest BCUT2D eigenvalue weighted by Crippen LogP contribution is -2.22. The number of hydrogen-bond donors (Lipinski definition) is 1. The third-order valence-corrected chi connectivity index (χ3v) is 8.95. The van der Waals surface area contributed by atoms with Gasteiger partial charge in [0.05, 0.1) is 0 Å². The second-order valence-corrected chi connectivity index (χ2v) is 10.6. The van der Waals surface area contributed by atoms with Crippen molar-refractivity contribution in [2.45, 2.75) is 121 Å². The molecule has 158 valence electrons. The summed E-state index contributed by atoms with van der Waals surface area (Å²) in [6.45, 7) is 6.86. The van der Waals surface area contributed by atoms with Gasteiger partial charge in [-0.05, 0) is 105 Å². The van der Waals surface area contributed by atoms with Gasteiger partial charge < -0.3 is 5.11 Å². The van der Waals surface area contributed by atoms with Crippen LogP contribution in [-0.4, -0.2) is 5.11 Å². The molecule has 0 heterocycles. The number of benzene rings is 1. The molecule has 1 nitrogen and oxygen atoms in total. The van der Waals surface area contributed by atoms with Crippen molar-refractivity contribution in [1.29, 1.82) is 0 Å². The monoisotopic (exact) mass is 403 g/mol. The highest BCUT2D eigenvalue weighted by molar-refractivity contribution is 7.60. The van der Waals surface area contributed by atoms with Gasteiger partial charge in [0, 0.05) is 5.56 Å². The fraction of sp³-hybridized carbons (Fsp3) is 0.769. The molecule has 0 bridgehead atoms. The molecule has 0 aromatic heterocycles. The molecule has 1 N–H and O–H groups in total. The van der Waals surface area contributed by atoms with Crippen LogP contribution in [0.5, 0.6) is 5.75 Å². The first-order valence-electron chi connectivity index (χ1n) is 12.1. The van der Waals surface area contributed by atoms with Crippen LogP contribution in [0, 0.1) is 5.92 Å². The van der Waals surface area contributed by atoms with E-state index in [1.54, 1.807) is 0 Å². The SMILES string of the molecule is CCCC1CCC(c2cc(C([SH2+])(CC)CC)cc(C3CCCCC3)c2O)CC1. The molecule has 2 heteroatoms.